The van der Waals surface area contributed by atoms with Gasteiger partial charge in [-0.2, -0.15) is 0 Å². The molecule has 0 radical (unpaired) electrons. The predicted octanol–water partition coefficient (Wildman–Crippen LogP) is 3.06. The first-order valence-electron chi connectivity index (χ1n) is 8.61. The zero-order valence-corrected chi connectivity index (χ0v) is 14.9. The van der Waals surface area contributed by atoms with Gasteiger partial charge in [0.15, 0.2) is 11.6 Å². The molecule has 1 aliphatic rings. The molecule has 27 heavy (non-hydrogen) atoms. The molecule has 0 saturated carbocycles. The van der Waals surface area contributed by atoms with Crippen molar-refractivity contribution < 1.29 is 23.5 Å². The normalized spacial score (nSPS) is 19.3. The minimum atomic E-state index is -0.764. The third kappa shape index (κ3) is 4.53. The number of carbonyl (C=O) groups excluding carboxylic acids is 2. The maximum atomic E-state index is 13.8. The standard InChI is InChI=1S/C21H20FNO4/c1-26-21(25)18-13-16(27-19-10-6-5-9-17(19)22)14-23(18)20(24)12-11-15-7-3-2-4-8-15/h2-12,16,18H,13-14H2,1H3/b12-11+/t16-,18-/m0/s1. The Kier molecular flexibility index (Phi) is 5.86. The van der Waals surface area contributed by atoms with Crippen LogP contribution < -0.4 is 4.74 Å². The van der Waals surface area contributed by atoms with Gasteiger partial charge < -0.3 is 14.4 Å². The molecule has 0 aromatic heterocycles. The Morgan fingerprint density at radius 1 is 1.11 bits per heavy atom. The molecule has 1 heterocycles. The van der Waals surface area contributed by atoms with E-state index < -0.39 is 23.9 Å². The summed E-state index contributed by atoms with van der Waals surface area (Å²) in [7, 11) is 1.27. The topological polar surface area (TPSA) is 55.8 Å². The molecule has 6 heteroatoms. The summed E-state index contributed by atoms with van der Waals surface area (Å²) in [5.41, 5.74) is 0.874. The van der Waals surface area contributed by atoms with Gasteiger partial charge in [0.25, 0.3) is 0 Å². The van der Waals surface area contributed by atoms with Gasteiger partial charge in [0.1, 0.15) is 12.1 Å². The van der Waals surface area contributed by atoms with Crippen LogP contribution in [0.2, 0.25) is 0 Å². The molecule has 0 aliphatic carbocycles. The maximum absolute atomic E-state index is 13.8. The van der Waals surface area contributed by atoms with E-state index in [-0.39, 0.29) is 24.6 Å². The second-order valence-electron chi connectivity index (χ2n) is 6.18. The molecule has 2 aromatic rings. The van der Waals surface area contributed by atoms with Gasteiger partial charge in [0, 0.05) is 12.5 Å². The Balaban J connectivity index is 1.73. The smallest absolute Gasteiger partial charge is 0.328 e. The fourth-order valence-electron chi connectivity index (χ4n) is 3.03. The van der Waals surface area contributed by atoms with E-state index in [0.29, 0.717) is 0 Å². The van der Waals surface area contributed by atoms with Gasteiger partial charge in [-0.25, -0.2) is 9.18 Å². The fraction of sp³-hybridized carbons (Fsp3) is 0.238. The summed E-state index contributed by atoms with van der Waals surface area (Å²) in [6.45, 7) is 0.173. The predicted molar refractivity (Wildman–Crippen MR) is 98.4 cm³/mol. The second-order valence-corrected chi connectivity index (χ2v) is 6.18. The average Bonchev–Trinajstić information content (AvgIpc) is 3.12. The number of nitrogens with zero attached hydrogens (tertiary/aromatic N) is 1. The van der Waals surface area contributed by atoms with Crippen molar-refractivity contribution in [1.82, 2.24) is 4.90 Å². The van der Waals surface area contributed by atoms with Crippen molar-refractivity contribution in [2.45, 2.75) is 18.6 Å². The van der Waals surface area contributed by atoms with E-state index in [4.69, 9.17) is 9.47 Å². The second kappa shape index (κ2) is 8.49. The van der Waals surface area contributed by atoms with E-state index in [1.807, 2.05) is 30.3 Å². The number of likely N-dealkylation sites (tertiary alicyclic amines) is 1. The molecular weight excluding hydrogens is 349 g/mol. The van der Waals surface area contributed by atoms with Crippen molar-refractivity contribution in [3.05, 3.63) is 72.1 Å². The number of esters is 1. The van der Waals surface area contributed by atoms with Crippen LogP contribution in [-0.2, 0) is 14.3 Å². The van der Waals surface area contributed by atoms with Gasteiger partial charge in [-0.1, -0.05) is 42.5 Å². The van der Waals surface area contributed by atoms with Crippen LogP contribution in [0.5, 0.6) is 5.75 Å². The summed E-state index contributed by atoms with van der Waals surface area (Å²) in [6.07, 6.45) is 2.84. The Labute approximate surface area is 157 Å². The van der Waals surface area contributed by atoms with Gasteiger partial charge in [0.05, 0.1) is 13.7 Å². The van der Waals surface area contributed by atoms with Gasteiger partial charge in [-0.15, -0.1) is 0 Å². The van der Waals surface area contributed by atoms with Gasteiger partial charge in [-0.3, -0.25) is 4.79 Å². The minimum absolute atomic E-state index is 0.0974. The summed E-state index contributed by atoms with van der Waals surface area (Å²) < 4.78 is 24.3. The zero-order chi connectivity index (χ0) is 19.2. The molecule has 1 fully saturated rings. The number of para-hydroxylation sites is 1. The van der Waals surface area contributed by atoms with Crippen LogP contribution in [0.4, 0.5) is 4.39 Å². The maximum Gasteiger partial charge on any atom is 0.328 e. The molecule has 0 bridgehead atoms. The monoisotopic (exact) mass is 369 g/mol. The van der Waals surface area contributed by atoms with Gasteiger partial charge in [0.2, 0.25) is 5.91 Å². The first-order valence-corrected chi connectivity index (χ1v) is 8.61. The summed E-state index contributed by atoms with van der Waals surface area (Å²) in [5.74, 6) is -1.23. The number of carbonyl (C=O) groups is 2. The van der Waals surface area contributed by atoms with E-state index in [1.54, 1.807) is 18.2 Å². The number of hydrogen-bond donors (Lipinski definition) is 0. The Hall–Kier alpha value is -3.15. The number of benzene rings is 2. The molecule has 0 unspecified atom stereocenters. The lowest BCUT2D eigenvalue weighted by atomic mass is 10.2. The molecule has 1 amide bonds. The van der Waals surface area contributed by atoms with E-state index in [0.717, 1.165) is 5.56 Å². The minimum Gasteiger partial charge on any atom is -0.485 e. The SMILES string of the molecule is COC(=O)[C@@H]1C[C@H](Oc2ccccc2F)CN1C(=O)/C=C/c1ccccc1. The lowest BCUT2D eigenvalue weighted by Gasteiger charge is -2.20. The quantitative estimate of drug-likeness (QED) is 0.600. The summed E-state index contributed by atoms with van der Waals surface area (Å²) >= 11 is 0. The number of ether oxygens (including phenoxy) is 2. The molecule has 1 saturated heterocycles. The Bertz CT molecular complexity index is 837. The van der Waals surface area contributed by atoms with Crippen molar-refractivity contribution >= 4 is 18.0 Å². The highest BCUT2D eigenvalue weighted by Crippen LogP contribution is 2.26. The summed E-state index contributed by atoms with van der Waals surface area (Å²) in [5, 5.41) is 0. The highest BCUT2D eigenvalue weighted by atomic mass is 19.1. The van der Waals surface area contributed by atoms with E-state index >= 15 is 0 Å². The number of methoxy groups -OCH3 is 1. The largest absolute Gasteiger partial charge is 0.485 e. The lowest BCUT2D eigenvalue weighted by Crippen LogP contribution is -2.40. The van der Waals surface area contributed by atoms with Gasteiger partial charge >= 0.3 is 5.97 Å². The van der Waals surface area contributed by atoms with E-state index in [9.17, 15) is 14.0 Å². The molecule has 0 N–H and O–H groups in total. The number of amides is 1. The highest BCUT2D eigenvalue weighted by molar-refractivity contribution is 5.95. The van der Waals surface area contributed by atoms with Crippen molar-refractivity contribution in [2.75, 3.05) is 13.7 Å². The van der Waals surface area contributed by atoms with Crippen LogP contribution in [0, 0.1) is 5.82 Å². The van der Waals surface area contributed by atoms with E-state index in [1.165, 1.54) is 30.2 Å². The fourth-order valence-corrected chi connectivity index (χ4v) is 3.03. The van der Waals surface area contributed by atoms with Crippen molar-refractivity contribution in [3.8, 4) is 5.75 Å². The van der Waals surface area contributed by atoms with E-state index in [2.05, 4.69) is 0 Å². The van der Waals surface area contributed by atoms with Crippen molar-refractivity contribution in [1.29, 1.82) is 0 Å². The Morgan fingerprint density at radius 3 is 2.52 bits per heavy atom. The molecule has 3 rings (SSSR count). The molecule has 0 spiro atoms. The number of halogens is 1. The molecule has 2 aromatic carbocycles. The van der Waals surface area contributed by atoms with Crippen LogP contribution in [-0.4, -0.2) is 42.6 Å². The zero-order valence-electron chi connectivity index (χ0n) is 14.9. The first-order chi connectivity index (χ1) is 13.1. The Morgan fingerprint density at radius 2 is 1.81 bits per heavy atom. The van der Waals surface area contributed by atoms with Crippen LogP contribution in [0.1, 0.15) is 12.0 Å². The summed E-state index contributed by atoms with van der Waals surface area (Å²) in [4.78, 5) is 26.1. The van der Waals surface area contributed by atoms with Crippen LogP contribution in [0.15, 0.2) is 60.7 Å². The highest BCUT2D eigenvalue weighted by Gasteiger charge is 2.41. The average molecular weight is 369 g/mol. The molecular formula is C21H20FNO4. The van der Waals surface area contributed by atoms with Crippen LogP contribution >= 0.6 is 0 Å². The summed E-state index contributed by atoms with van der Waals surface area (Å²) in [6, 6.07) is 14.7. The van der Waals surface area contributed by atoms with Crippen molar-refractivity contribution in [2.24, 2.45) is 0 Å². The lowest BCUT2D eigenvalue weighted by molar-refractivity contribution is -0.149. The third-order valence-electron chi connectivity index (χ3n) is 4.37. The van der Waals surface area contributed by atoms with Gasteiger partial charge in [-0.05, 0) is 23.8 Å². The number of rotatable bonds is 5. The molecule has 2 atom stereocenters. The van der Waals surface area contributed by atoms with Crippen molar-refractivity contribution in [3.63, 3.8) is 0 Å². The third-order valence-corrected chi connectivity index (χ3v) is 4.37. The molecule has 1 aliphatic heterocycles. The molecule has 140 valence electrons. The van der Waals surface area contributed by atoms with Crippen LogP contribution in [0.3, 0.4) is 0 Å². The van der Waals surface area contributed by atoms with Crippen LogP contribution in [0.25, 0.3) is 6.08 Å². The number of hydrogen-bond acceptors (Lipinski definition) is 4. The molecule has 5 nitrogen and oxygen atoms in total. The first kappa shape index (κ1) is 18.6.